The van der Waals surface area contributed by atoms with Gasteiger partial charge in [0.15, 0.2) is 12.1 Å². The molecule has 1 unspecified atom stereocenters. The van der Waals surface area contributed by atoms with Crippen LogP contribution < -0.4 is 4.90 Å². The van der Waals surface area contributed by atoms with E-state index in [4.69, 9.17) is 16.6 Å². The summed E-state index contributed by atoms with van der Waals surface area (Å²) in [5.74, 6) is 1.35. The van der Waals surface area contributed by atoms with Gasteiger partial charge < -0.3 is 14.6 Å². The normalized spacial score (nSPS) is 16.8. The lowest BCUT2D eigenvalue weighted by Gasteiger charge is -2.23. The van der Waals surface area contributed by atoms with Crippen LogP contribution in [0.25, 0.3) is 22.5 Å². The van der Waals surface area contributed by atoms with Crippen molar-refractivity contribution in [3.05, 3.63) is 82.6 Å². The van der Waals surface area contributed by atoms with Crippen molar-refractivity contribution in [3.8, 4) is 28.6 Å². The molecular weight excluding hydrogens is 479 g/mol. The first-order valence-electron chi connectivity index (χ1n) is 11.7. The molecule has 0 radical (unpaired) electrons. The number of aromatic nitrogens is 4. The SMILES string of the molecule is Cn1cnnc1-c1cc(C#N)ccc1-c1cc(C2CC2)nc(N2Cc3c(F)cc(CCl)cc3C2O)c1. The Labute approximate surface area is 212 Å². The van der Waals surface area contributed by atoms with E-state index in [1.165, 1.54) is 6.07 Å². The Kier molecular flexibility index (Phi) is 5.47. The van der Waals surface area contributed by atoms with E-state index in [0.717, 1.165) is 35.2 Å². The molecule has 4 aromatic rings. The molecular formula is C27H22ClFN6O. The number of aliphatic hydroxyl groups excluding tert-OH is 1. The molecule has 2 aromatic carbocycles. The highest BCUT2D eigenvalue weighted by molar-refractivity contribution is 6.17. The van der Waals surface area contributed by atoms with Gasteiger partial charge in [0.1, 0.15) is 18.0 Å². The van der Waals surface area contributed by atoms with Crippen molar-refractivity contribution in [1.82, 2.24) is 19.7 Å². The molecule has 0 amide bonds. The van der Waals surface area contributed by atoms with E-state index in [2.05, 4.69) is 22.3 Å². The Balaban J connectivity index is 1.49. The van der Waals surface area contributed by atoms with Crippen molar-refractivity contribution >= 4 is 17.4 Å². The Hall–Kier alpha value is -3.80. The van der Waals surface area contributed by atoms with Crippen LogP contribution in [-0.2, 0) is 19.5 Å². The standard InChI is InChI=1S/C27H22ClFN6O/c1-34-14-31-33-26(34)20-6-15(12-30)2-5-19(20)18-9-24(17-3-4-17)32-25(10-18)35-13-22-21(27(35)36)7-16(11-28)8-23(22)29/h2,5-10,14,17,27,36H,3-4,11,13H2,1H3. The number of rotatable bonds is 5. The third-order valence-corrected chi connectivity index (χ3v) is 7.19. The Morgan fingerprint density at radius 1 is 1.17 bits per heavy atom. The molecule has 1 aliphatic heterocycles. The van der Waals surface area contributed by atoms with Crippen LogP contribution in [0.4, 0.5) is 10.2 Å². The fourth-order valence-electron chi connectivity index (χ4n) is 4.83. The van der Waals surface area contributed by atoms with Crippen LogP contribution in [0, 0.1) is 17.1 Å². The van der Waals surface area contributed by atoms with Crippen molar-refractivity contribution in [1.29, 1.82) is 5.26 Å². The van der Waals surface area contributed by atoms with Crippen LogP contribution >= 0.6 is 11.6 Å². The van der Waals surface area contributed by atoms with Crippen LogP contribution in [0.2, 0.25) is 0 Å². The first-order chi connectivity index (χ1) is 17.5. The molecule has 2 aromatic heterocycles. The third-order valence-electron chi connectivity index (χ3n) is 6.88. The smallest absolute Gasteiger partial charge is 0.164 e. The van der Waals surface area contributed by atoms with E-state index in [1.807, 2.05) is 23.7 Å². The number of aliphatic hydroxyl groups is 1. The molecule has 36 heavy (non-hydrogen) atoms. The third kappa shape index (κ3) is 3.81. The van der Waals surface area contributed by atoms with Gasteiger partial charge in [0.2, 0.25) is 0 Å². The largest absolute Gasteiger partial charge is 0.369 e. The predicted molar refractivity (Wildman–Crippen MR) is 133 cm³/mol. The van der Waals surface area contributed by atoms with Gasteiger partial charge in [0, 0.05) is 41.2 Å². The van der Waals surface area contributed by atoms with E-state index in [-0.39, 0.29) is 18.2 Å². The van der Waals surface area contributed by atoms with E-state index in [9.17, 15) is 14.8 Å². The van der Waals surface area contributed by atoms with Gasteiger partial charge in [-0.15, -0.1) is 21.8 Å². The van der Waals surface area contributed by atoms with E-state index in [1.54, 1.807) is 29.4 Å². The van der Waals surface area contributed by atoms with Crippen molar-refractivity contribution in [3.63, 3.8) is 0 Å². The highest BCUT2D eigenvalue weighted by Crippen LogP contribution is 2.44. The van der Waals surface area contributed by atoms with Gasteiger partial charge >= 0.3 is 0 Å². The number of aryl methyl sites for hydroxylation is 1. The number of hydrogen-bond acceptors (Lipinski definition) is 6. The minimum absolute atomic E-state index is 0.167. The number of halogens is 2. The second kappa shape index (κ2) is 8.70. The molecule has 1 atom stereocenters. The minimum atomic E-state index is -1.04. The fourth-order valence-corrected chi connectivity index (χ4v) is 4.98. The molecule has 180 valence electrons. The number of hydrogen-bond donors (Lipinski definition) is 1. The predicted octanol–water partition coefficient (Wildman–Crippen LogP) is 5.18. The number of anilines is 1. The molecule has 3 heterocycles. The summed E-state index contributed by atoms with van der Waals surface area (Å²) in [4.78, 5) is 6.60. The molecule has 1 saturated carbocycles. The van der Waals surface area contributed by atoms with Crippen molar-refractivity contribution in [2.75, 3.05) is 4.90 Å². The molecule has 9 heteroatoms. The monoisotopic (exact) mass is 500 g/mol. The molecule has 7 nitrogen and oxygen atoms in total. The zero-order valence-electron chi connectivity index (χ0n) is 19.5. The number of alkyl halides is 1. The Bertz CT molecular complexity index is 1540. The van der Waals surface area contributed by atoms with Crippen LogP contribution in [0.3, 0.4) is 0 Å². The summed E-state index contributed by atoms with van der Waals surface area (Å²) in [5.41, 5.74) is 5.58. The molecule has 1 fully saturated rings. The summed E-state index contributed by atoms with van der Waals surface area (Å²) in [6.07, 6.45) is 2.69. The molecule has 2 aliphatic rings. The topological polar surface area (TPSA) is 90.9 Å². The second-order valence-electron chi connectivity index (χ2n) is 9.33. The summed E-state index contributed by atoms with van der Waals surface area (Å²) in [6.45, 7) is 0.203. The summed E-state index contributed by atoms with van der Waals surface area (Å²) >= 11 is 5.94. The Morgan fingerprint density at radius 2 is 2.00 bits per heavy atom. The first kappa shape index (κ1) is 22.7. The maximum Gasteiger partial charge on any atom is 0.164 e. The zero-order chi connectivity index (χ0) is 25.0. The van der Waals surface area contributed by atoms with Crippen LogP contribution in [-0.4, -0.2) is 24.9 Å². The number of benzene rings is 2. The summed E-state index contributed by atoms with van der Waals surface area (Å²) < 4.78 is 16.6. The summed E-state index contributed by atoms with van der Waals surface area (Å²) in [5, 5.41) is 29.0. The van der Waals surface area contributed by atoms with Gasteiger partial charge in [0.05, 0.1) is 18.2 Å². The van der Waals surface area contributed by atoms with Gasteiger partial charge in [-0.3, -0.25) is 0 Å². The van der Waals surface area contributed by atoms with Crippen LogP contribution in [0.5, 0.6) is 0 Å². The average molecular weight is 501 g/mol. The summed E-state index contributed by atoms with van der Waals surface area (Å²) in [7, 11) is 1.85. The van der Waals surface area contributed by atoms with Crippen molar-refractivity contribution in [2.24, 2.45) is 7.05 Å². The molecule has 6 rings (SSSR count). The second-order valence-corrected chi connectivity index (χ2v) is 9.60. The molecule has 0 saturated heterocycles. The van der Waals surface area contributed by atoms with Crippen molar-refractivity contribution < 1.29 is 9.50 Å². The number of pyridine rings is 1. The molecule has 1 N–H and O–H groups in total. The zero-order valence-corrected chi connectivity index (χ0v) is 20.2. The maximum absolute atomic E-state index is 14.8. The van der Waals surface area contributed by atoms with E-state index < -0.39 is 6.23 Å². The quantitative estimate of drug-likeness (QED) is 0.379. The van der Waals surface area contributed by atoms with Crippen LogP contribution in [0.15, 0.2) is 48.8 Å². The molecule has 1 aliphatic carbocycles. The molecule has 0 spiro atoms. The van der Waals surface area contributed by atoms with Gasteiger partial charge in [-0.2, -0.15) is 5.26 Å². The van der Waals surface area contributed by atoms with E-state index >= 15 is 0 Å². The van der Waals surface area contributed by atoms with Crippen molar-refractivity contribution in [2.45, 2.75) is 37.4 Å². The minimum Gasteiger partial charge on any atom is -0.369 e. The molecule has 0 bridgehead atoms. The van der Waals surface area contributed by atoms with Gasteiger partial charge in [-0.25, -0.2) is 9.37 Å². The van der Waals surface area contributed by atoms with Gasteiger partial charge in [-0.1, -0.05) is 6.07 Å². The fraction of sp³-hybridized carbons (Fsp3) is 0.259. The highest BCUT2D eigenvalue weighted by Gasteiger charge is 2.34. The maximum atomic E-state index is 14.8. The first-order valence-corrected chi connectivity index (χ1v) is 12.2. The highest BCUT2D eigenvalue weighted by atomic mass is 35.5. The summed E-state index contributed by atoms with van der Waals surface area (Å²) in [6, 6.07) is 14.8. The Morgan fingerprint density at radius 3 is 2.69 bits per heavy atom. The lowest BCUT2D eigenvalue weighted by Crippen LogP contribution is -2.22. The number of fused-ring (bicyclic) bond motifs is 1. The van der Waals surface area contributed by atoms with Crippen LogP contribution in [0.1, 0.15) is 52.9 Å². The van der Waals surface area contributed by atoms with E-state index in [0.29, 0.717) is 39.8 Å². The lowest BCUT2D eigenvalue weighted by molar-refractivity contribution is 0.180. The number of nitrogens with zero attached hydrogens (tertiary/aromatic N) is 6. The average Bonchev–Trinajstić information content (AvgIpc) is 3.58. The van der Waals surface area contributed by atoms with Gasteiger partial charge in [0.25, 0.3) is 0 Å². The van der Waals surface area contributed by atoms with Gasteiger partial charge in [-0.05, 0) is 65.9 Å². The number of nitriles is 1. The lowest BCUT2D eigenvalue weighted by atomic mass is 9.96.